The predicted molar refractivity (Wildman–Crippen MR) is 135 cm³/mol. The molecule has 0 amide bonds. The molecule has 0 bridgehead atoms. The third-order valence-corrected chi connectivity index (χ3v) is 6.81. The lowest BCUT2D eigenvalue weighted by Crippen LogP contribution is -2.21. The molecule has 7 heteroatoms. The van der Waals surface area contributed by atoms with Gasteiger partial charge < -0.3 is 4.42 Å². The Labute approximate surface area is 201 Å². The smallest absolute Gasteiger partial charge is 0.266 e. The van der Waals surface area contributed by atoms with Gasteiger partial charge in [-0.3, -0.25) is 9.36 Å². The van der Waals surface area contributed by atoms with Crippen molar-refractivity contribution < 1.29 is 4.42 Å². The topological polar surface area (TPSA) is 73.8 Å². The molecule has 0 aliphatic rings. The van der Waals surface area contributed by atoms with Gasteiger partial charge in [-0.2, -0.15) is 0 Å². The van der Waals surface area contributed by atoms with Crippen LogP contribution in [0.25, 0.3) is 28.0 Å². The van der Waals surface area contributed by atoms with Gasteiger partial charge in [0.25, 0.3) is 5.56 Å². The summed E-state index contributed by atoms with van der Waals surface area (Å²) in [7, 11) is 0. The first-order valence-electron chi connectivity index (χ1n) is 11.3. The van der Waals surface area contributed by atoms with Gasteiger partial charge in [-0.1, -0.05) is 68.1 Å². The quantitative estimate of drug-likeness (QED) is 0.208. The number of hydrogen-bond donors (Lipinski definition) is 0. The van der Waals surface area contributed by atoms with Crippen LogP contribution in [0.5, 0.6) is 0 Å². The van der Waals surface area contributed by atoms with Crippen LogP contribution in [0.3, 0.4) is 0 Å². The summed E-state index contributed by atoms with van der Waals surface area (Å²) >= 11 is 1.40. The molecule has 1 unspecified atom stereocenters. The fourth-order valence-electron chi connectivity index (χ4n) is 3.76. The summed E-state index contributed by atoms with van der Waals surface area (Å²) in [6.07, 6.45) is 1.06. The molecule has 0 N–H and O–H groups in total. The van der Waals surface area contributed by atoms with Crippen LogP contribution in [-0.4, -0.2) is 19.7 Å². The monoisotopic (exact) mass is 468 g/mol. The van der Waals surface area contributed by atoms with E-state index in [0.717, 1.165) is 17.7 Å². The van der Waals surface area contributed by atoms with Gasteiger partial charge in [0, 0.05) is 5.56 Å². The Hall–Kier alpha value is -3.71. The minimum Gasteiger partial charge on any atom is -0.420 e. The van der Waals surface area contributed by atoms with E-state index in [-0.39, 0.29) is 5.56 Å². The lowest BCUT2D eigenvalue weighted by atomic mass is 9.98. The second kappa shape index (κ2) is 9.65. The van der Waals surface area contributed by atoms with E-state index in [1.807, 2.05) is 66.7 Å². The normalized spacial score (nSPS) is 12.2. The number of benzene rings is 3. The molecular formula is C27H24N4O2S. The van der Waals surface area contributed by atoms with E-state index in [1.54, 1.807) is 4.57 Å². The molecule has 6 nitrogen and oxygen atoms in total. The fraction of sp³-hybridized carbons (Fsp3) is 0.185. The molecule has 0 saturated heterocycles. The van der Waals surface area contributed by atoms with Crippen molar-refractivity contribution in [2.45, 2.75) is 37.1 Å². The average molecular weight is 469 g/mol. The van der Waals surface area contributed by atoms with Gasteiger partial charge in [-0.05, 0) is 54.3 Å². The van der Waals surface area contributed by atoms with Crippen LogP contribution in [0.4, 0.5) is 0 Å². The molecule has 0 aliphatic carbocycles. The Morgan fingerprint density at radius 1 is 0.941 bits per heavy atom. The third-order valence-electron chi connectivity index (χ3n) is 5.89. The van der Waals surface area contributed by atoms with Crippen LogP contribution in [0, 0.1) is 0 Å². The van der Waals surface area contributed by atoms with Crippen molar-refractivity contribution in [2.75, 3.05) is 0 Å². The third kappa shape index (κ3) is 4.39. The molecule has 3 aromatic carbocycles. The van der Waals surface area contributed by atoms with Gasteiger partial charge in [0.2, 0.25) is 11.8 Å². The van der Waals surface area contributed by atoms with Crippen molar-refractivity contribution in [1.82, 2.24) is 19.7 Å². The highest BCUT2D eigenvalue weighted by molar-refractivity contribution is 7.98. The Bertz CT molecular complexity index is 1480. The number of aromatic nitrogens is 4. The Morgan fingerprint density at radius 3 is 2.44 bits per heavy atom. The van der Waals surface area contributed by atoms with Gasteiger partial charge >= 0.3 is 0 Å². The van der Waals surface area contributed by atoms with Crippen LogP contribution in [0.1, 0.15) is 37.6 Å². The standard InChI is InChI=1S/C27H24N4O2S/c1-3-18(2)19-13-15-21(16-14-19)31-26(32)22-11-7-8-12-23(22)28-27(31)34-17-24-29-30-25(33-24)20-9-5-4-6-10-20/h4-16,18H,3,17H2,1-2H3. The first-order valence-corrected chi connectivity index (χ1v) is 12.3. The van der Waals surface area contributed by atoms with E-state index >= 15 is 0 Å². The van der Waals surface area contributed by atoms with Gasteiger partial charge in [-0.25, -0.2) is 4.98 Å². The average Bonchev–Trinajstić information content (AvgIpc) is 3.37. The zero-order valence-electron chi connectivity index (χ0n) is 19.0. The number of fused-ring (bicyclic) bond motifs is 1. The van der Waals surface area contributed by atoms with Crippen molar-refractivity contribution in [1.29, 1.82) is 0 Å². The van der Waals surface area contributed by atoms with Gasteiger partial charge in [0.1, 0.15) is 0 Å². The molecule has 0 saturated carbocycles. The van der Waals surface area contributed by atoms with Crippen molar-refractivity contribution in [3.8, 4) is 17.1 Å². The molecule has 5 rings (SSSR count). The van der Waals surface area contributed by atoms with Gasteiger partial charge in [-0.15, -0.1) is 10.2 Å². The molecule has 2 aromatic heterocycles. The molecule has 1 atom stereocenters. The zero-order chi connectivity index (χ0) is 23.5. The van der Waals surface area contributed by atoms with Crippen LogP contribution in [0.15, 0.2) is 93.2 Å². The van der Waals surface area contributed by atoms with Crippen molar-refractivity contribution in [2.24, 2.45) is 0 Å². The Balaban J connectivity index is 1.50. The molecular weight excluding hydrogens is 444 g/mol. The largest absolute Gasteiger partial charge is 0.420 e. The highest BCUT2D eigenvalue weighted by Crippen LogP contribution is 2.27. The second-order valence-electron chi connectivity index (χ2n) is 8.11. The van der Waals surface area contributed by atoms with Crippen LogP contribution in [0.2, 0.25) is 0 Å². The van der Waals surface area contributed by atoms with E-state index in [2.05, 4.69) is 36.2 Å². The summed E-state index contributed by atoms with van der Waals surface area (Å²) in [5, 5.41) is 9.51. The molecule has 2 heterocycles. The lowest BCUT2D eigenvalue weighted by molar-refractivity contribution is 0.528. The predicted octanol–water partition coefficient (Wildman–Crippen LogP) is 6.24. The summed E-state index contributed by atoms with van der Waals surface area (Å²) in [6, 6.07) is 25.2. The zero-order valence-corrected chi connectivity index (χ0v) is 19.8. The second-order valence-corrected chi connectivity index (χ2v) is 9.05. The maximum Gasteiger partial charge on any atom is 0.266 e. The first kappa shape index (κ1) is 22.1. The molecule has 0 radical (unpaired) electrons. The molecule has 0 fully saturated rings. The number of para-hydroxylation sites is 1. The summed E-state index contributed by atoms with van der Waals surface area (Å²) in [5.41, 5.74) is 3.47. The van der Waals surface area contributed by atoms with Crippen molar-refractivity contribution in [3.05, 3.63) is 101 Å². The van der Waals surface area contributed by atoms with Gasteiger partial charge in [0.05, 0.1) is 22.3 Å². The SMILES string of the molecule is CCC(C)c1ccc(-n2c(SCc3nnc(-c4ccccc4)o3)nc3ccccc3c2=O)cc1. The molecule has 0 spiro atoms. The Morgan fingerprint density at radius 2 is 1.68 bits per heavy atom. The van der Waals surface area contributed by atoms with E-state index < -0.39 is 0 Å². The fourth-order valence-corrected chi connectivity index (χ4v) is 4.61. The highest BCUT2D eigenvalue weighted by atomic mass is 32.2. The summed E-state index contributed by atoms with van der Waals surface area (Å²) in [5.74, 6) is 1.81. The van der Waals surface area contributed by atoms with Crippen LogP contribution in [-0.2, 0) is 5.75 Å². The molecule has 170 valence electrons. The summed E-state index contributed by atoms with van der Waals surface area (Å²) in [6.45, 7) is 4.37. The van der Waals surface area contributed by atoms with Gasteiger partial charge in [0.15, 0.2) is 5.16 Å². The number of nitrogens with zero attached hydrogens (tertiary/aromatic N) is 4. The number of hydrogen-bond acceptors (Lipinski definition) is 6. The highest BCUT2D eigenvalue weighted by Gasteiger charge is 2.16. The Kier molecular flexibility index (Phi) is 6.27. The maximum absolute atomic E-state index is 13.5. The minimum atomic E-state index is -0.0973. The number of thioether (sulfide) groups is 1. The van der Waals surface area contributed by atoms with E-state index in [0.29, 0.717) is 39.5 Å². The van der Waals surface area contributed by atoms with Crippen LogP contribution >= 0.6 is 11.8 Å². The van der Waals surface area contributed by atoms with Crippen LogP contribution < -0.4 is 5.56 Å². The summed E-state index contributed by atoms with van der Waals surface area (Å²) in [4.78, 5) is 18.3. The molecule has 34 heavy (non-hydrogen) atoms. The molecule has 5 aromatic rings. The summed E-state index contributed by atoms with van der Waals surface area (Å²) < 4.78 is 7.52. The van der Waals surface area contributed by atoms with E-state index in [1.165, 1.54) is 17.3 Å². The van der Waals surface area contributed by atoms with Crippen molar-refractivity contribution in [3.63, 3.8) is 0 Å². The van der Waals surface area contributed by atoms with E-state index in [9.17, 15) is 4.79 Å². The first-order chi connectivity index (χ1) is 16.6. The van der Waals surface area contributed by atoms with Crippen molar-refractivity contribution >= 4 is 22.7 Å². The molecule has 0 aliphatic heterocycles. The minimum absolute atomic E-state index is 0.0973. The number of rotatable bonds is 7. The maximum atomic E-state index is 13.5. The lowest BCUT2D eigenvalue weighted by Gasteiger charge is -2.14. The van der Waals surface area contributed by atoms with E-state index in [4.69, 9.17) is 9.40 Å².